The first-order valence-corrected chi connectivity index (χ1v) is 8.84. The van der Waals surface area contributed by atoms with Crippen molar-refractivity contribution in [3.8, 4) is 5.75 Å². The smallest absolute Gasteiger partial charge is 0.147 e. The third-order valence-electron chi connectivity index (χ3n) is 3.15. The molecule has 0 saturated heterocycles. The number of hydrogen-bond donors (Lipinski definition) is 1. The molecular formula is C16H25Br2NO. The van der Waals surface area contributed by atoms with Crippen molar-refractivity contribution in [2.75, 3.05) is 13.2 Å². The summed E-state index contributed by atoms with van der Waals surface area (Å²) in [4.78, 5) is 0. The molecule has 114 valence electrons. The van der Waals surface area contributed by atoms with Gasteiger partial charge >= 0.3 is 0 Å². The fraction of sp³-hybridized carbons (Fsp3) is 0.625. The molecular weight excluding hydrogens is 382 g/mol. The van der Waals surface area contributed by atoms with Crippen LogP contribution in [0.15, 0.2) is 21.1 Å². The number of halogens is 2. The van der Waals surface area contributed by atoms with Crippen LogP contribution in [0.3, 0.4) is 0 Å². The molecule has 1 N–H and O–H groups in total. The van der Waals surface area contributed by atoms with Crippen LogP contribution in [0.4, 0.5) is 0 Å². The molecule has 2 nitrogen and oxygen atoms in total. The van der Waals surface area contributed by atoms with Crippen molar-refractivity contribution in [1.82, 2.24) is 5.32 Å². The highest BCUT2D eigenvalue weighted by molar-refractivity contribution is 9.11. The quantitative estimate of drug-likeness (QED) is 0.625. The van der Waals surface area contributed by atoms with Gasteiger partial charge in [-0.15, -0.1) is 0 Å². The summed E-state index contributed by atoms with van der Waals surface area (Å²) >= 11 is 7.22. The molecule has 0 aliphatic carbocycles. The molecule has 0 bridgehead atoms. The minimum absolute atomic E-state index is 0.571. The molecule has 0 aliphatic heterocycles. The van der Waals surface area contributed by atoms with E-state index in [1.165, 1.54) is 5.56 Å². The zero-order chi connectivity index (χ0) is 15.1. The van der Waals surface area contributed by atoms with Gasteiger partial charge in [-0.25, -0.2) is 0 Å². The molecule has 0 heterocycles. The fourth-order valence-corrected chi connectivity index (χ4v) is 3.21. The second-order valence-electron chi connectivity index (χ2n) is 5.74. The lowest BCUT2D eigenvalue weighted by atomic mass is 10.1. The van der Waals surface area contributed by atoms with Gasteiger partial charge in [0.05, 0.1) is 15.6 Å². The van der Waals surface area contributed by atoms with Crippen LogP contribution in [0.2, 0.25) is 0 Å². The lowest BCUT2D eigenvalue weighted by Gasteiger charge is -2.15. The highest BCUT2D eigenvalue weighted by Gasteiger charge is 2.10. The highest BCUT2D eigenvalue weighted by atomic mass is 79.9. The molecule has 1 rings (SSSR count). The number of hydrogen-bond acceptors (Lipinski definition) is 2. The topological polar surface area (TPSA) is 21.3 Å². The highest BCUT2D eigenvalue weighted by Crippen LogP contribution is 2.35. The van der Waals surface area contributed by atoms with Crippen molar-refractivity contribution in [1.29, 1.82) is 0 Å². The number of nitrogens with one attached hydrogen (secondary N) is 1. The lowest BCUT2D eigenvalue weighted by Crippen LogP contribution is -2.19. The Morgan fingerprint density at radius 3 is 2.25 bits per heavy atom. The molecule has 1 atom stereocenters. The Morgan fingerprint density at radius 2 is 1.75 bits per heavy atom. The third-order valence-corrected chi connectivity index (χ3v) is 4.33. The molecule has 1 aromatic carbocycles. The number of benzene rings is 1. The summed E-state index contributed by atoms with van der Waals surface area (Å²) in [6.07, 6.45) is 1.13. The minimum atomic E-state index is 0.571. The van der Waals surface area contributed by atoms with E-state index < -0.39 is 0 Å². The van der Waals surface area contributed by atoms with Gasteiger partial charge < -0.3 is 10.1 Å². The van der Waals surface area contributed by atoms with Crippen LogP contribution in [0, 0.1) is 11.8 Å². The Balaban J connectivity index is 2.66. The Morgan fingerprint density at radius 1 is 1.15 bits per heavy atom. The maximum Gasteiger partial charge on any atom is 0.147 e. The van der Waals surface area contributed by atoms with E-state index in [9.17, 15) is 0 Å². The van der Waals surface area contributed by atoms with Gasteiger partial charge in [-0.1, -0.05) is 34.1 Å². The molecule has 0 saturated carbocycles. The van der Waals surface area contributed by atoms with Crippen LogP contribution in [0.1, 0.15) is 39.7 Å². The van der Waals surface area contributed by atoms with Gasteiger partial charge in [-0.2, -0.15) is 0 Å². The summed E-state index contributed by atoms with van der Waals surface area (Å²) in [6.45, 7) is 11.5. The van der Waals surface area contributed by atoms with Gasteiger partial charge in [0.15, 0.2) is 0 Å². The predicted molar refractivity (Wildman–Crippen MR) is 93.3 cm³/mol. The second-order valence-corrected chi connectivity index (χ2v) is 7.45. The molecule has 20 heavy (non-hydrogen) atoms. The summed E-state index contributed by atoms with van der Waals surface area (Å²) in [7, 11) is 0. The summed E-state index contributed by atoms with van der Waals surface area (Å²) in [6, 6.07) is 4.26. The van der Waals surface area contributed by atoms with Crippen LogP contribution >= 0.6 is 31.9 Å². The van der Waals surface area contributed by atoms with E-state index in [2.05, 4.69) is 77.0 Å². The first kappa shape index (κ1) is 18.0. The molecule has 0 fully saturated rings. The Labute approximate surface area is 139 Å². The van der Waals surface area contributed by atoms with Crippen molar-refractivity contribution < 1.29 is 4.74 Å². The summed E-state index contributed by atoms with van der Waals surface area (Å²) < 4.78 is 7.93. The maximum absolute atomic E-state index is 5.90. The Bertz CT molecular complexity index is 398. The van der Waals surface area contributed by atoms with Crippen LogP contribution in [-0.2, 0) is 6.54 Å². The SMILES string of the molecule is CCC(C)COc1c(Br)cc(CNCC(C)C)cc1Br. The van der Waals surface area contributed by atoms with Gasteiger partial charge in [0.1, 0.15) is 5.75 Å². The van der Waals surface area contributed by atoms with Crippen LogP contribution in [-0.4, -0.2) is 13.2 Å². The maximum atomic E-state index is 5.90. The first-order chi connectivity index (χ1) is 9.43. The van der Waals surface area contributed by atoms with Crippen molar-refractivity contribution in [2.45, 2.75) is 40.7 Å². The van der Waals surface area contributed by atoms with E-state index in [1.54, 1.807) is 0 Å². The monoisotopic (exact) mass is 405 g/mol. The fourth-order valence-electron chi connectivity index (χ4n) is 1.70. The van der Waals surface area contributed by atoms with Gasteiger partial charge in [0, 0.05) is 6.54 Å². The van der Waals surface area contributed by atoms with Crippen molar-refractivity contribution in [3.05, 3.63) is 26.6 Å². The van der Waals surface area contributed by atoms with Crippen LogP contribution < -0.4 is 10.1 Å². The molecule has 0 aliphatic rings. The van der Waals surface area contributed by atoms with E-state index in [0.29, 0.717) is 11.8 Å². The van der Waals surface area contributed by atoms with E-state index in [-0.39, 0.29) is 0 Å². The molecule has 1 aromatic rings. The first-order valence-electron chi connectivity index (χ1n) is 7.25. The molecule has 0 aromatic heterocycles. The van der Waals surface area contributed by atoms with Gasteiger partial charge in [-0.05, 0) is 67.9 Å². The van der Waals surface area contributed by atoms with Gasteiger partial charge in [-0.3, -0.25) is 0 Å². The van der Waals surface area contributed by atoms with Crippen molar-refractivity contribution >= 4 is 31.9 Å². The summed E-state index contributed by atoms with van der Waals surface area (Å²) in [5, 5.41) is 3.45. The van der Waals surface area contributed by atoms with E-state index in [4.69, 9.17) is 4.74 Å². The Kier molecular flexibility index (Phi) is 8.15. The average Bonchev–Trinajstić information content (AvgIpc) is 2.37. The number of rotatable bonds is 8. The minimum Gasteiger partial charge on any atom is -0.491 e. The zero-order valence-corrected chi connectivity index (χ0v) is 16.0. The van der Waals surface area contributed by atoms with Crippen LogP contribution in [0.5, 0.6) is 5.75 Å². The molecule has 4 heteroatoms. The largest absolute Gasteiger partial charge is 0.491 e. The lowest BCUT2D eigenvalue weighted by molar-refractivity contribution is 0.253. The normalized spacial score (nSPS) is 12.8. The van der Waals surface area contributed by atoms with E-state index in [0.717, 1.165) is 40.8 Å². The van der Waals surface area contributed by atoms with Gasteiger partial charge in [0.2, 0.25) is 0 Å². The predicted octanol–water partition coefficient (Wildman–Crippen LogP) is 5.38. The molecule has 0 amide bonds. The molecule has 0 spiro atoms. The third kappa shape index (κ3) is 6.15. The second kappa shape index (κ2) is 9.06. The van der Waals surface area contributed by atoms with E-state index in [1.807, 2.05) is 0 Å². The summed E-state index contributed by atoms with van der Waals surface area (Å²) in [5.74, 6) is 2.14. The Hall–Kier alpha value is -0.0600. The summed E-state index contributed by atoms with van der Waals surface area (Å²) in [5.41, 5.74) is 1.25. The van der Waals surface area contributed by atoms with Gasteiger partial charge in [0.25, 0.3) is 0 Å². The zero-order valence-electron chi connectivity index (χ0n) is 12.8. The van der Waals surface area contributed by atoms with E-state index >= 15 is 0 Å². The average molecular weight is 407 g/mol. The molecule has 1 unspecified atom stereocenters. The molecule has 0 radical (unpaired) electrons. The van der Waals surface area contributed by atoms with Crippen molar-refractivity contribution in [3.63, 3.8) is 0 Å². The van der Waals surface area contributed by atoms with Crippen molar-refractivity contribution in [2.24, 2.45) is 11.8 Å². The van der Waals surface area contributed by atoms with Crippen LogP contribution in [0.25, 0.3) is 0 Å². The standard InChI is InChI=1S/C16H25Br2NO/c1-5-12(4)10-20-16-14(17)6-13(7-15(16)18)9-19-8-11(2)3/h6-7,11-12,19H,5,8-10H2,1-4H3. The number of ether oxygens (including phenoxy) is 1.